The first-order valence-corrected chi connectivity index (χ1v) is 9.67. The molecule has 4 rings (SSSR count). The lowest BCUT2D eigenvalue weighted by Crippen LogP contribution is -2.41. The van der Waals surface area contributed by atoms with Gasteiger partial charge in [0.25, 0.3) is 0 Å². The van der Waals surface area contributed by atoms with E-state index in [2.05, 4.69) is 25.7 Å². The van der Waals surface area contributed by atoms with Crippen molar-refractivity contribution < 1.29 is 9.47 Å². The maximum Gasteiger partial charge on any atom is 0.0717 e. The van der Waals surface area contributed by atoms with E-state index < -0.39 is 0 Å². The van der Waals surface area contributed by atoms with Gasteiger partial charge >= 0.3 is 0 Å². The number of hydrogen-bond acceptors (Lipinski definition) is 5. The second kappa shape index (κ2) is 8.75. The van der Waals surface area contributed by atoms with Crippen molar-refractivity contribution >= 4 is 0 Å². The largest absolute Gasteiger partial charge is 0.381 e. The highest BCUT2D eigenvalue weighted by Crippen LogP contribution is 2.25. The highest BCUT2D eigenvalue weighted by molar-refractivity contribution is 5.08. The maximum atomic E-state index is 5.90. The molecule has 1 fully saturated rings. The van der Waals surface area contributed by atoms with Gasteiger partial charge in [0.05, 0.1) is 18.3 Å². The highest BCUT2D eigenvalue weighted by Gasteiger charge is 2.27. The quantitative estimate of drug-likeness (QED) is 0.714. The Kier molecular flexibility index (Phi) is 5.94. The Morgan fingerprint density at radius 1 is 1.12 bits per heavy atom. The molecule has 0 unspecified atom stereocenters. The van der Waals surface area contributed by atoms with Gasteiger partial charge in [0, 0.05) is 58.0 Å². The third kappa shape index (κ3) is 4.50. The summed E-state index contributed by atoms with van der Waals surface area (Å²) < 4.78 is 13.6. The van der Waals surface area contributed by atoms with Crippen molar-refractivity contribution in [2.24, 2.45) is 5.92 Å². The van der Waals surface area contributed by atoms with Gasteiger partial charge < -0.3 is 9.47 Å². The topological polar surface area (TPSA) is 52.4 Å². The van der Waals surface area contributed by atoms with Crippen molar-refractivity contribution in [2.75, 3.05) is 32.9 Å². The van der Waals surface area contributed by atoms with Crippen molar-refractivity contribution in [1.82, 2.24) is 19.7 Å². The van der Waals surface area contributed by atoms with E-state index in [-0.39, 0.29) is 0 Å². The molecule has 0 aromatic carbocycles. The minimum Gasteiger partial charge on any atom is -0.381 e. The first-order valence-electron chi connectivity index (χ1n) is 9.67. The molecule has 1 atom stereocenters. The number of aromatic nitrogens is 3. The van der Waals surface area contributed by atoms with E-state index in [0.29, 0.717) is 12.6 Å². The molecule has 4 heterocycles. The number of hydrogen-bond donors (Lipinski definition) is 0. The third-order valence-electron chi connectivity index (χ3n) is 5.42. The van der Waals surface area contributed by atoms with Crippen LogP contribution >= 0.6 is 0 Å². The van der Waals surface area contributed by atoms with Crippen molar-refractivity contribution in [3.8, 4) is 0 Å². The number of nitrogens with zero attached hydrogens (tertiary/aromatic N) is 4. The molecule has 0 N–H and O–H groups in total. The van der Waals surface area contributed by atoms with Crippen LogP contribution in [0.5, 0.6) is 0 Å². The van der Waals surface area contributed by atoms with E-state index in [9.17, 15) is 0 Å². The van der Waals surface area contributed by atoms with Crippen LogP contribution in [-0.4, -0.2) is 52.6 Å². The summed E-state index contributed by atoms with van der Waals surface area (Å²) in [6.07, 6.45) is 8.92. The summed E-state index contributed by atoms with van der Waals surface area (Å²) >= 11 is 0. The van der Waals surface area contributed by atoms with E-state index in [0.717, 1.165) is 45.2 Å². The van der Waals surface area contributed by atoms with E-state index in [1.165, 1.54) is 30.6 Å². The Hall–Kier alpha value is -1.76. The summed E-state index contributed by atoms with van der Waals surface area (Å²) in [5.74, 6) is 0.766. The predicted molar refractivity (Wildman–Crippen MR) is 98.6 cm³/mol. The fraction of sp³-hybridized carbons (Fsp3) is 0.600. The molecule has 2 aliphatic rings. The fourth-order valence-electron chi connectivity index (χ4n) is 4.00. The van der Waals surface area contributed by atoms with Gasteiger partial charge in [-0.2, -0.15) is 5.10 Å². The third-order valence-corrected chi connectivity index (χ3v) is 5.42. The molecule has 0 amide bonds. The summed E-state index contributed by atoms with van der Waals surface area (Å²) in [6, 6.07) is 6.55. The monoisotopic (exact) mass is 356 g/mol. The van der Waals surface area contributed by atoms with Crippen LogP contribution in [-0.2, 0) is 22.6 Å². The lowest BCUT2D eigenvalue weighted by molar-refractivity contribution is 0.0406. The number of ether oxygens (including phenoxy) is 2. The molecule has 0 spiro atoms. The number of fused-ring (bicyclic) bond motifs is 1. The zero-order valence-corrected chi connectivity index (χ0v) is 15.3. The molecule has 2 aliphatic heterocycles. The summed E-state index contributed by atoms with van der Waals surface area (Å²) in [5.41, 5.74) is 2.49. The zero-order valence-electron chi connectivity index (χ0n) is 15.3. The Morgan fingerprint density at radius 2 is 1.96 bits per heavy atom. The van der Waals surface area contributed by atoms with E-state index >= 15 is 0 Å². The summed E-state index contributed by atoms with van der Waals surface area (Å²) in [4.78, 5) is 6.64. The van der Waals surface area contributed by atoms with Crippen molar-refractivity contribution in [3.05, 3.63) is 48.0 Å². The van der Waals surface area contributed by atoms with Crippen molar-refractivity contribution in [3.63, 3.8) is 0 Å². The van der Waals surface area contributed by atoms with Gasteiger partial charge in [-0.05, 0) is 48.9 Å². The van der Waals surface area contributed by atoms with Crippen LogP contribution in [0, 0.1) is 5.92 Å². The molecular formula is C20H28N4O2. The van der Waals surface area contributed by atoms with Gasteiger partial charge in [-0.15, -0.1) is 0 Å². The molecule has 140 valence electrons. The van der Waals surface area contributed by atoms with Crippen LogP contribution in [0.15, 0.2) is 36.8 Å². The molecule has 2 aromatic heterocycles. The minimum atomic E-state index is 0.394. The lowest BCUT2D eigenvalue weighted by atomic mass is 9.98. The molecule has 0 saturated carbocycles. The average molecular weight is 356 g/mol. The van der Waals surface area contributed by atoms with Gasteiger partial charge in [-0.25, -0.2) is 0 Å². The van der Waals surface area contributed by atoms with Crippen LogP contribution < -0.4 is 0 Å². The maximum absolute atomic E-state index is 5.90. The lowest BCUT2D eigenvalue weighted by Gasteiger charge is -2.36. The molecule has 6 nitrogen and oxygen atoms in total. The number of pyridine rings is 1. The van der Waals surface area contributed by atoms with Crippen molar-refractivity contribution in [1.29, 1.82) is 0 Å². The minimum absolute atomic E-state index is 0.394. The number of rotatable bonds is 7. The van der Waals surface area contributed by atoms with Crippen LogP contribution in [0.25, 0.3) is 0 Å². The summed E-state index contributed by atoms with van der Waals surface area (Å²) in [7, 11) is 0. The smallest absolute Gasteiger partial charge is 0.0717 e. The standard InChI is InChI=1S/C20H28N4O2/c1-7-21-8-2-18(1)16-26-12-6-20-15-23(13-17-4-10-25-11-5-17)14-19-3-9-22-24(19)20/h1-3,7-9,17,20H,4-6,10-16H2/t20-/m1/s1. The normalized spacial score (nSPS) is 21.6. The molecule has 6 heteroatoms. The van der Waals surface area contributed by atoms with E-state index in [1.54, 1.807) is 0 Å². The Bertz CT molecular complexity index is 669. The first-order chi connectivity index (χ1) is 12.9. The van der Waals surface area contributed by atoms with Crippen LogP contribution in [0.1, 0.15) is 36.6 Å². The SMILES string of the molecule is c1cc(COCC[C@@H]2CN(CC3CCOCC3)Cc3ccnn32)ccn1. The van der Waals surface area contributed by atoms with Crippen LogP contribution in [0.2, 0.25) is 0 Å². The van der Waals surface area contributed by atoms with Gasteiger partial charge in [-0.3, -0.25) is 14.6 Å². The Balaban J connectivity index is 1.29. The molecule has 1 saturated heterocycles. The zero-order chi connectivity index (χ0) is 17.6. The fourth-order valence-corrected chi connectivity index (χ4v) is 4.00. The molecule has 0 radical (unpaired) electrons. The first kappa shape index (κ1) is 17.6. The van der Waals surface area contributed by atoms with Gasteiger partial charge in [0.1, 0.15) is 0 Å². The van der Waals surface area contributed by atoms with Crippen LogP contribution in [0.3, 0.4) is 0 Å². The molecule has 2 aromatic rings. The highest BCUT2D eigenvalue weighted by atomic mass is 16.5. The second-order valence-corrected chi connectivity index (χ2v) is 7.37. The van der Waals surface area contributed by atoms with E-state index in [4.69, 9.17) is 9.47 Å². The van der Waals surface area contributed by atoms with Gasteiger partial charge in [0.2, 0.25) is 0 Å². The Labute approximate surface area is 155 Å². The molecular weight excluding hydrogens is 328 g/mol. The summed E-state index contributed by atoms with van der Waals surface area (Å²) in [5, 5.41) is 4.56. The molecule has 26 heavy (non-hydrogen) atoms. The average Bonchev–Trinajstić information content (AvgIpc) is 3.15. The van der Waals surface area contributed by atoms with Crippen molar-refractivity contribution in [2.45, 2.75) is 38.5 Å². The van der Waals surface area contributed by atoms with Gasteiger partial charge in [-0.1, -0.05) is 0 Å². The van der Waals surface area contributed by atoms with Gasteiger partial charge in [0.15, 0.2) is 0 Å². The van der Waals surface area contributed by atoms with Crippen LogP contribution in [0.4, 0.5) is 0 Å². The second-order valence-electron chi connectivity index (χ2n) is 7.37. The predicted octanol–water partition coefficient (Wildman–Crippen LogP) is 2.67. The van der Waals surface area contributed by atoms with E-state index in [1.807, 2.05) is 30.7 Å². The molecule has 0 aliphatic carbocycles. The summed E-state index contributed by atoms with van der Waals surface area (Å²) in [6.45, 7) is 6.47. The molecule has 0 bridgehead atoms. The Morgan fingerprint density at radius 3 is 2.81 bits per heavy atom.